The number of anilines is 1. The second kappa shape index (κ2) is 6.98. The van der Waals surface area contributed by atoms with Crippen LogP contribution in [0.4, 0.5) is 5.69 Å². The lowest BCUT2D eigenvalue weighted by molar-refractivity contribution is 0.368. The van der Waals surface area contributed by atoms with Crippen LogP contribution >= 0.6 is 0 Å². The van der Waals surface area contributed by atoms with Gasteiger partial charge in [-0.05, 0) is 48.9 Å². The van der Waals surface area contributed by atoms with Gasteiger partial charge in [-0.2, -0.15) is 10.5 Å². The van der Waals surface area contributed by atoms with E-state index in [9.17, 15) is 0 Å². The third kappa shape index (κ3) is 3.99. The Kier molecular flexibility index (Phi) is 4.79. The highest BCUT2D eigenvalue weighted by Gasteiger charge is 2.05. The van der Waals surface area contributed by atoms with E-state index in [-0.39, 0.29) is 12.6 Å². The molecule has 4 heteroatoms. The fourth-order valence-electron chi connectivity index (χ4n) is 1.94. The monoisotopic (exact) mass is 277 g/mol. The lowest BCUT2D eigenvalue weighted by Crippen LogP contribution is -2.06. The number of nitriles is 2. The highest BCUT2D eigenvalue weighted by Crippen LogP contribution is 2.21. The number of hydrogen-bond donors (Lipinski definition) is 1. The number of nitrogens with zero attached hydrogens (tertiary/aromatic N) is 2. The Morgan fingerprint density at radius 3 is 2.29 bits per heavy atom. The lowest BCUT2D eigenvalue weighted by Gasteiger charge is -2.16. The summed E-state index contributed by atoms with van der Waals surface area (Å²) in [5.41, 5.74) is 2.74. The third-order valence-electron chi connectivity index (χ3n) is 3.08. The molecule has 104 valence electrons. The zero-order valence-electron chi connectivity index (χ0n) is 11.7. The van der Waals surface area contributed by atoms with Gasteiger partial charge >= 0.3 is 0 Å². The van der Waals surface area contributed by atoms with Crippen LogP contribution in [0.5, 0.6) is 5.75 Å². The molecule has 0 fully saturated rings. The Morgan fingerprint density at radius 2 is 1.71 bits per heavy atom. The van der Waals surface area contributed by atoms with Gasteiger partial charge < -0.3 is 10.1 Å². The van der Waals surface area contributed by atoms with E-state index in [0.29, 0.717) is 11.3 Å². The molecule has 0 aliphatic rings. The first kappa shape index (κ1) is 14.4. The van der Waals surface area contributed by atoms with Crippen molar-refractivity contribution in [1.29, 1.82) is 10.5 Å². The molecule has 0 radical (unpaired) electrons. The number of nitrogens with one attached hydrogen (secondary N) is 1. The molecule has 0 amide bonds. The van der Waals surface area contributed by atoms with Gasteiger partial charge in [0.05, 0.1) is 11.6 Å². The average Bonchev–Trinajstić information content (AvgIpc) is 2.54. The van der Waals surface area contributed by atoms with Crippen LogP contribution in [0.1, 0.15) is 24.1 Å². The maximum Gasteiger partial charge on any atom is 0.174 e. The largest absolute Gasteiger partial charge is 0.479 e. The van der Waals surface area contributed by atoms with Crippen LogP contribution in [0.3, 0.4) is 0 Å². The minimum atomic E-state index is 0.0500. The molecule has 2 aromatic carbocycles. The minimum absolute atomic E-state index is 0.0500. The van der Waals surface area contributed by atoms with Gasteiger partial charge in [0.2, 0.25) is 0 Å². The topological polar surface area (TPSA) is 68.8 Å². The summed E-state index contributed by atoms with van der Waals surface area (Å²) in [5, 5.41) is 20.6. The van der Waals surface area contributed by atoms with Crippen LogP contribution in [0.25, 0.3) is 0 Å². The molecule has 21 heavy (non-hydrogen) atoms. The maximum absolute atomic E-state index is 8.79. The van der Waals surface area contributed by atoms with Crippen LogP contribution in [0.2, 0.25) is 0 Å². The Hall–Kier alpha value is -2.98. The van der Waals surface area contributed by atoms with Crippen molar-refractivity contribution in [3.05, 3.63) is 59.7 Å². The van der Waals surface area contributed by atoms with Gasteiger partial charge in [-0.15, -0.1) is 0 Å². The molecule has 4 nitrogen and oxygen atoms in total. The van der Waals surface area contributed by atoms with E-state index in [0.717, 1.165) is 11.3 Å². The summed E-state index contributed by atoms with van der Waals surface area (Å²) in [4.78, 5) is 0. The van der Waals surface area contributed by atoms with E-state index < -0.39 is 0 Å². The Bertz CT molecular complexity index is 663. The zero-order chi connectivity index (χ0) is 15.1. The Morgan fingerprint density at radius 1 is 1.05 bits per heavy atom. The van der Waals surface area contributed by atoms with Crippen molar-refractivity contribution in [3.8, 4) is 17.9 Å². The molecule has 2 rings (SSSR count). The summed E-state index contributed by atoms with van der Waals surface area (Å²) in [6.07, 6.45) is 0. The van der Waals surface area contributed by atoms with E-state index in [1.54, 1.807) is 0 Å². The molecule has 1 unspecified atom stereocenters. The zero-order valence-corrected chi connectivity index (χ0v) is 11.7. The summed E-state index contributed by atoms with van der Waals surface area (Å²) in [6.45, 7) is 2.11. The van der Waals surface area contributed by atoms with Crippen molar-refractivity contribution in [1.82, 2.24) is 0 Å². The van der Waals surface area contributed by atoms with Crippen molar-refractivity contribution in [2.75, 3.05) is 11.9 Å². The molecule has 0 spiro atoms. The number of ether oxygens (including phenoxy) is 1. The number of hydrogen-bond acceptors (Lipinski definition) is 4. The highest BCUT2D eigenvalue weighted by atomic mass is 16.5. The molecule has 0 saturated carbocycles. The van der Waals surface area contributed by atoms with Gasteiger partial charge in [-0.25, -0.2) is 0 Å². The van der Waals surface area contributed by atoms with Crippen molar-refractivity contribution < 1.29 is 4.74 Å². The summed E-state index contributed by atoms with van der Waals surface area (Å²) in [7, 11) is 0. The van der Waals surface area contributed by atoms with Crippen LogP contribution in [0.15, 0.2) is 48.5 Å². The van der Waals surface area contributed by atoms with Gasteiger partial charge in [-0.1, -0.05) is 12.1 Å². The first-order valence-corrected chi connectivity index (χ1v) is 6.59. The summed E-state index contributed by atoms with van der Waals surface area (Å²) < 4.78 is 5.21. The SMILES string of the molecule is CC(Nc1ccc(OCC#N)cc1)c1ccc(C#N)cc1. The molecular weight excluding hydrogens is 262 g/mol. The maximum atomic E-state index is 8.79. The van der Waals surface area contributed by atoms with Gasteiger partial charge in [0.15, 0.2) is 6.61 Å². The molecule has 0 aliphatic heterocycles. The molecule has 0 aromatic heterocycles. The summed E-state index contributed by atoms with van der Waals surface area (Å²) in [5.74, 6) is 0.674. The second-order valence-electron chi connectivity index (χ2n) is 4.57. The minimum Gasteiger partial charge on any atom is -0.479 e. The number of benzene rings is 2. The van der Waals surface area contributed by atoms with Gasteiger partial charge in [0.1, 0.15) is 11.8 Å². The predicted molar refractivity (Wildman–Crippen MR) is 80.7 cm³/mol. The second-order valence-corrected chi connectivity index (χ2v) is 4.57. The Balaban J connectivity index is 2.00. The highest BCUT2D eigenvalue weighted by molar-refractivity contribution is 5.48. The molecule has 0 bridgehead atoms. The number of rotatable bonds is 5. The molecule has 2 aromatic rings. The smallest absolute Gasteiger partial charge is 0.174 e. The third-order valence-corrected chi connectivity index (χ3v) is 3.08. The normalized spacial score (nSPS) is 11.0. The van der Waals surface area contributed by atoms with E-state index in [1.165, 1.54) is 0 Å². The molecule has 1 N–H and O–H groups in total. The van der Waals surface area contributed by atoms with Crippen LogP contribution in [-0.2, 0) is 0 Å². The average molecular weight is 277 g/mol. The molecular formula is C17H15N3O. The van der Waals surface area contributed by atoms with Gasteiger partial charge in [0.25, 0.3) is 0 Å². The van der Waals surface area contributed by atoms with Crippen molar-refractivity contribution in [2.24, 2.45) is 0 Å². The molecule has 1 atom stereocenters. The first-order valence-electron chi connectivity index (χ1n) is 6.59. The lowest BCUT2D eigenvalue weighted by atomic mass is 10.1. The summed E-state index contributed by atoms with van der Waals surface area (Å²) >= 11 is 0. The fraction of sp³-hybridized carbons (Fsp3) is 0.176. The van der Waals surface area contributed by atoms with E-state index in [4.69, 9.17) is 15.3 Å². The standard InChI is InChI=1S/C17H15N3O/c1-13(15-4-2-14(12-19)3-5-15)20-16-6-8-17(9-7-16)21-11-10-18/h2-9,13,20H,11H2,1H3. The van der Waals surface area contributed by atoms with Crippen LogP contribution in [0, 0.1) is 22.7 Å². The van der Waals surface area contributed by atoms with Gasteiger partial charge in [0, 0.05) is 11.7 Å². The molecule has 0 saturated heterocycles. The quantitative estimate of drug-likeness (QED) is 0.906. The van der Waals surface area contributed by atoms with Crippen molar-refractivity contribution >= 4 is 5.69 Å². The van der Waals surface area contributed by atoms with E-state index >= 15 is 0 Å². The molecule has 0 heterocycles. The summed E-state index contributed by atoms with van der Waals surface area (Å²) in [6, 6.07) is 19.2. The first-order chi connectivity index (χ1) is 10.2. The van der Waals surface area contributed by atoms with Crippen LogP contribution < -0.4 is 10.1 Å². The molecule has 0 aliphatic carbocycles. The fourth-order valence-corrected chi connectivity index (χ4v) is 1.94. The van der Waals surface area contributed by atoms with Crippen molar-refractivity contribution in [2.45, 2.75) is 13.0 Å². The van der Waals surface area contributed by atoms with E-state index in [1.807, 2.05) is 54.6 Å². The Labute approximate surface area is 124 Å². The van der Waals surface area contributed by atoms with Crippen molar-refractivity contribution in [3.63, 3.8) is 0 Å². The van der Waals surface area contributed by atoms with Gasteiger partial charge in [-0.3, -0.25) is 0 Å². The van der Waals surface area contributed by atoms with E-state index in [2.05, 4.69) is 18.3 Å². The predicted octanol–water partition coefficient (Wildman–Crippen LogP) is 3.63. The van der Waals surface area contributed by atoms with Crippen LogP contribution in [-0.4, -0.2) is 6.61 Å².